The molecule has 1 atom stereocenters. The number of amides is 2. The summed E-state index contributed by atoms with van der Waals surface area (Å²) in [7, 11) is 0. The lowest BCUT2D eigenvalue weighted by atomic mass is 10.1. The van der Waals surface area contributed by atoms with E-state index in [1.807, 2.05) is 0 Å². The van der Waals surface area contributed by atoms with E-state index in [2.05, 4.69) is 24.7 Å². The number of carbonyl (C=O) groups is 2. The third kappa shape index (κ3) is 6.77. The highest BCUT2D eigenvalue weighted by Crippen LogP contribution is 2.26. The minimum absolute atomic E-state index is 0.0375. The summed E-state index contributed by atoms with van der Waals surface area (Å²) < 4.78 is 11.0. The maximum atomic E-state index is 12.2. The molecule has 2 aromatic carbocycles. The number of rotatable bonds is 9. The number of benzene rings is 2. The third-order valence-corrected chi connectivity index (χ3v) is 4.11. The number of ether oxygens (including phenoxy) is 2. The van der Waals surface area contributed by atoms with Crippen LogP contribution in [0.25, 0.3) is 0 Å². The van der Waals surface area contributed by atoms with E-state index >= 15 is 0 Å². The van der Waals surface area contributed by atoms with Gasteiger partial charge in [0.25, 0.3) is 11.8 Å². The minimum atomic E-state index is -1.07. The SMILES string of the molecule is CC(C)CCOc1ccc(C(=O)NNC(=O)[C@H](C)Oc2ccccc2[N+](=O)[O-])cc1. The Kier molecular flexibility index (Phi) is 8.16. The van der Waals surface area contributed by atoms with Crippen LogP contribution in [0.5, 0.6) is 11.5 Å². The molecule has 0 fully saturated rings. The first-order valence-electron chi connectivity index (χ1n) is 9.51. The molecule has 0 radical (unpaired) electrons. The van der Waals surface area contributed by atoms with Crippen molar-refractivity contribution in [3.05, 3.63) is 64.2 Å². The number of hydrogen-bond donors (Lipinski definition) is 2. The van der Waals surface area contributed by atoms with E-state index in [0.29, 0.717) is 23.8 Å². The molecule has 0 saturated heterocycles. The van der Waals surface area contributed by atoms with Gasteiger partial charge in [-0.25, -0.2) is 0 Å². The molecule has 0 spiro atoms. The first-order valence-corrected chi connectivity index (χ1v) is 9.51. The second-order valence-electron chi connectivity index (χ2n) is 6.98. The molecule has 0 heterocycles. The summed E-state index contributed by atoms with van der Waals surface area (Å²) in [6.07, 6.45) is -0.135. The molecule has 9 heteroatoms. The predicted molar refractivity (Wildman–Crippen MR) is 110 cm³/mol. The standard InChI is InChI=1S/C21H25N3O6/c1-14(2)12-13-29-17-10-8-16(9-11-17)21(26)23-22-20(25)15(3)30-19-7-5-4-6-18(19)24(27)28/h4-11,14-15H,12-13H2,1-3H3,(H,22,25)(H,23,26)/t15-/m0/s1. The number of nitro benzene ring substituents is 1. The lowest BCUT2D eigenvalue weighted by Gasteiger charge is -2.15. The van der Waals surface area contributed by atoms with Crippen LogP contribution in [-0.2, 0) is 4.79 Å². The molecular weight excluding hydrogens is 390 g/mol. The summed E-state index contributed by atoms with van der Waals surface area (Å²) in [6.45, 7) is 6.23. The fourth-order valence-corrected chi connectivity index (χ4v) is 2.36. The fraction of sp³-hybridized carbons (Fsp3) is 0.333. The van der Waals surface area contributed by atoms with Gasteiger partial charge in [0.15, 0.2) is 11.9 Å². The van der Waals surface area contributed by atoms with Crippen LogP contribution in [0.15, 0.2) is 48.5 Å². The van der Waals surface area contributed by atoms with Crippen LogP contribution in [-0.4, -0.2) is 29.4 Å². The zero-order valence-electron chi connectivity index (χ0n) is 17.1. The average Bonchev–Trinajstić information content (AvgIpc) is 2.72. The van der Waals surface area contributed by atoms with Crippen molar-refractivity contribution in [2.75, 3.05) is 6.61 Å². The van der Waals surface area contributed by atoms with Crippen molar-refractivity contribution < 1.29 is 24.0 Å². The van der Waals surface area contributed by atoms with Crippen molar-refractivity contribution in [2.24, 2.45) is 5.92 Å². The summed E-state index contributed by atoms with van der Waals surface area (Å²) in [5, 5.41) is 11.0. The van der Waals surface area contributed by atoms with Gasteiger partial charge in [-0.15, -0.1) is 0 Å². The van der Waals surface area contributed by atoms with E-state index in [0.717, 1.165) is 6.42 Å². The van der Waals surface area contributed by atoms with Gasteiger partial charge in [0.1, 0.15) is 5.75 Å². The Balaban J connectivity index is 1.85. The Morgan fingerprint density at radius 1 is 1.03 bits per heavy atom. The smallest absolute Gasteiger partial charge is 0.310 e. The Morgan fingerprint density at radius 3 is 2.33 bits per heavy atom. The molecule has 2 rings (SSSR count). The lowest BCUT2D eigenvalue weighted by molar-refractivity contribution is -0.386. The Bertz CT molecular complexity index is 883. The van der Waals surface area contributed by atoms with Crippen molar-refractivity contribution in [1.29, 1.82) is 0 Å². The molecule has 9 nitrogen and oxygen atoms in total. The second-order valence-corrected chi connectivity index (χ2v) is 6.98. The third-order valence-electron chi connectivity index (χ3n) is 4.11. The van der Waals surface area contributed by atoms with Crippen LogP contribution in [0, 0.1) is 16.0 Å². The van der Waals surface area contributed by atoms with Gasteiger partial charge >= 0.3 is 5.69 Å². The fourth-order valence-electron chi connectivity index (χ4n) is 2.36. The second kappa shape index (κ2) is 10.8. The van der Waals surface area contributed by atoms with Crippen LogP contribution >= 0.6 is 0 Å². The van der Waals surface area contributed by atoms with E-state index in [9.17, 15) is 19.7 Å². The van der Waals surface area contributed by atoms with Crippen LogP contribution in [0.4, 0.5) is 5.69 Å². The first kappa shape index (κ1) is 22.7. The zero-order chi connectivity index (χ0) is 22.1. The molecule has 0 aliphatic carbocycles. The maximum absolute atomic E-state index is 12.2. The van der Waals surface area contributed by atoms with E-state index < -0.39 is 22.8 Å². The van der Waals surface area contributed by atoms with Gasteiger partial charge in [0, 0.05) is 11.6 Å². The predicted octanol–water partition coefficient (Wildman–Crippen LogP) is 3.25. The molecule has 0 saturated carbocycles. The molecule has 30 heavy (non-hydrogen) atoms. The number of carbonyl (C=O) groups excluding carboxylic acids is 2. The summed E-state index contributed by atoms with van der Waals surface area (Å²) in [6, 6.07) is 12.2. The molecule has 0 bridgehead atoms. The summed E-state index contributed by atoms with van der Waals surface area (Å²) >= 11 is 0. The molecule has 0 aliphatic heterocycles. The average molecular weight is 415 g/mol. The van der Waals surface area contributed by atoms with E-state index in [4.69, 9.17) is 9.47 Å². The highest BCUT2D eigenvalue weighted by atomic mass is 16.6. The van der Waals surface area contributed by atoms with Gasteiger partial charge in [-0.2, -0.15) is 0 Å². The van der Waals surface area contributed by atoms with Crippen LogP contribution < -0.4 is 20.3 Å². The molecule has 2 N–H and O–H groups in total. The molecule has 2 aromatic rings. The molecule has 0 aromatic heterocycles. The minimum Gasteiger partial charge on any atom is -0.494 e. The molecular formula is C21H25N3O6. The van der Waals surface area contributed by atoms with Gasteiger partial charge in [0.2, 0.25) is 0 Å². The number of hydrogen-bond acceptors (Lipinski definition) is 6. The molecule has 160 valence electrons. The van der Waals surface area contributed by atoms with E-state index in [-0.39, 0.29) is 11.4 Å². The van der Waals surface area contributed by atoms with Gasteiger partial charge in [-0.05, 0) is 49.6 Å². The van der Waals surface area contributed by atoms with Crippen molar-refractivity contribution in [1.82, 2.24) is 10.9 Å². The Morgan fingerprint density at radius 2 is 1.70 bits per heavy atom. The number of hydrazine groups is 1. The van der Waals surface area contributed by atoms with Gasteiger partial charge in [-0.3, -0.25) is 30.6 Å². The monoisotopic (exact) mass is 415 g/mol. The quantitative estimate of drug-likeness (QED) is 0.479. The van der Waals surface area contributed by atoms with Crippen molar-refractivity contribution >= 4 is 17.5 Å². The Hall–Kier alpha value is -3.62. The van der Waals surface area contributed by atoms with Crippen LogP contribution in [0.1, 0.15) is 37.6 Å². The summed E-state index contributed by atoms with van der Waals surface area (Å²) in [5.74, 6) is -0.0181. The number of para-hydroxylation sites is 2. The number of nitro groups is 1. The summed E-state index contributed by atoms with van der Waals surface area (Å²) in [5.41, 5.74) is 4.61. The summed E-state index contributed by atoms with van der Waals surface area (Å²) in [4.78, 5) is 34.8. The first-order chi connectivity index (χ1) is 14.3. The normalized spacial score (nSPS) is 11.5. The van der Waals surface area contributed by atoms with Crippen molar-refractivity contribution in [3.63, 3.8) is 0 Å². The highest BCUT2D eigenvalue weighted by molar-refractivity contribution is 5.95. The van der Waals surface area contributed by atoms with Gasteiger partial charge < -0.3 is 9.47 Å². The highest BCUT2D eigenvalue weighted by Gasteiger charge is 2.21. The Labute approximate surface area is 174 Å². The van der Waals surface area contributed by atoms with E-state index in [1.54, 1.807) is 30.3 Å². The number of nitrogens with zero attached hydrogens (tertiary/aromatic N) is 1. The number of nitrogens with one attached hydrogen (secondary N) is 2. The largest absolute Gasteiger partial charge is 0.494 e. The van der Waals surface area contributed by atoms with Gasteiger partial charge in [0.05, 0.1) is 11.5 Å². The molecule has 2 amide bonds. The van der Waals surface area contributed by atoms with Gasteiger partial charge in [-0.1, -0.05) is 26.0 Å². The van der Waals surface area contributed by atoms with Crippen LogP contribution in [0.3, 0.4) is 0 Å². The van der Waals surface area contributed by atoms with Crippen molar-refractivity contribution in [2.45, 2.75) is 33.3 Å². The van der Waals surface area contributed by atoms with E-state index in [1.165, 1.54) is 25.1 Å². The maximum Gasteiger partial charge on any atom is 0.310 e. The lowest BCUT2D eigenvalue weighted by Crippen LogP contribution is -2.47. The zero-order valence-corrected chi connectivity index (χ0v) is 17.1. The topological polar surface area (TPSA) is 120 Å². The molecule has 0 unspecified atom stereocenters. The molecule has 0 aliphatic rings. The van der Waals surface area contributed by atoms with Crippen molar-refractivity contribution in [3.8, 4) is 11.5 Å². The van der Waals surface area contributed by atoms with Crippen LogP contribution in [0.2, 0.25) is 0 Å².